The van der Waals surface area contributed by atoms with Gasteiger partial charge in [-0.05, 0) is 24.6 Å². The number of imidazole rings is 1. The molecule has 208 valence electrons. The second-order valence-corrected chi connectivity index (χ2v) is 11.8. The lowest BCUT2D eigenvalue weighted by atomic mass is 10.0. The predicted molar refractivity (Wildman–Crippen MR) is 149 cm³/mol. The Kier molecular flexibility index (Phi) is 7.82. The van der Waals surface area contributed by atoms with Gasteiger partial charge in [0.1, 0.15) is 48.9 Å². The Morgan fingerprint density at radius 1 is 1.38 bits per heavy atom. The molecule has 2 amide bonds. The number of aromatic nitrogens is 3. The summed E-state index contributed by atoms with van der Waals surface area (Å²) in [6, 6.07) is 4.74. The maximum absolute atomic E-state index is 13.1. The standard InChI is InChI=1S/C24H23N7O6S3/c1-12(32)8-29-6-7-30-15(29)4-3-5-16(30)38-9-13-10-39-22-18(21(34)31(22)19(13)23(35)36)27-20(33)17(28-37-2)14-11-40-24(25)26-14/h3-7,11,18,22H,8-10H2,1-2H3,(H3-,25,26,27,33,35,36)/p+1/b28-17-/t18-,22+/m1/s1. The van der Waals surface area contributed by atoms with Crippen molar-refractivity contribution in [3.05, 3.63) is 52.9 Å². The van der Waals surface area contributed by atoms with Gasteiger partial charge in [0.05, 0.1) is 0 Å². The summed E-state index contributed by atoms with van der Waals surface area (Å²) in [5, 5.41) is 18.5. The van der Waals surface area contributed by atoms with Crippen molar-refractivity contribution < 1.29 is 33.7 Å². The zero-order valence-corrected chi connectivity index (χ0v) is 23.7. The molecule has 2 aliphatic rings. The summed E-state index contributed by atoms with van der Waals surface area (Å²) in [5.74, 6) is -1.69. The number of ketones is 1. The fourth-order valence-electron chi connectivity index (χ4n) is 4.45. The van der Waals surface area contributed by atoms with Crippen molar-refractivity contribution in [3.63, 3.8) is 0 Å². The van der Waals surface area contributed by atoms with Crippen molar-refractivity contribution in [2.24, 2.45) is 5.16 Å². The summed E-state index contributed by atoms with van der Waals surface area (Å²) in [6.07, 6.45) is 3.68. The van der Waals surface area contributed by atoms with E-state index in [1.54, 1.807) is 5.38 Å². The second-order valence-electron chi connectivity index (χ2n) is 8.82. The minimum atomic E-state index is -1.21. The maximum atomic E-state index is 13.1. The van der Waals surface area contributed by atoms with E-state index in [-0.39, 0.29) is 34.6 Å². The molecule has 16 heteroatoms. The van der Waals surface area contributed by atoms with E-state index in [2.05, 4.69) is 15.5 Å². The largest absolute Gasteiger partial charge is 0.477 e. The van der Waals surface area contributed by atoms with E-state index in [1.165, 1.54) is 42.5 Å². The number of nitrogens with two attached hydrogens (primary N) is 1. The van der Waals surface area contributed by atoms with Gasteiger partial charge in [-0.15, -0.1) is 23.1 Å². The van der Waals surface area contributed by atoms with E-state index in [4.69, 9.17) is 10.6 Å². The van der Waals surface area contributed by atoms with Crippen LogP contribution in [0.15, 0.2) is 57.4 Å². The third-order valence-corrected chi connectivity index (χ3v) is 9.28. The Labute approximate surface area is 240 Å². The van der Waals surface area contributed by atoms with Gasteiger partial charge in [-0.1, -0.05) is 16.9 Å². The zero-order valence-electron chi connectivity index (χ0n) is 21.3. The molecule has 40 heavy (non-hydrogen) atoms. The number of hydrogen-bond acceptors (Lipinski definition) is 11. The van der Waals surface area contributed by atoms with E-state index >= 15 is 0 Å². The number of nitrogens with one attached hydrogen (secondary N) is 1. The summed E-state index contributed by atoms with van der Waals surface area (Å²) in [5.41, 5.74) is 7.08. The fourth-order valence-corrected chi connectivity index (χ4v) is 7.50. The van der Waals surface area contributed by atoms with Crippen molar-refractivity contribution in [3.8, 4) is 0 Å². The number of carboxylic acids is 1. The van der Waals surface area contributed by atoms with Crippen LogP contribution in [-0.2, 0) is 30.6 Å². The second kappa shape index (κ2) is 11.3. The van der Waals surface area contributed by atoms with Crippen LogP contribution < -0.4 is 15.6 Å². The first-order valence-corrected chi connectivity index (χ1v) is 14.8. The van der Waals surface area contributed by atoms with Gasteiger partial charge in [0.2, 0.25) is 0 Å². The molecule has 3 aromatic heterocycles. The van der Waals surface area contributed by atoms with Gasteiger partial charge in [0.15, 0.2) is 21.7 Å². The van der Waals surface area contributed by atoms with Crippen molar-refractivity contribution >= 4 is 74.9 Å². The van der Waals surface area contributed by atoms with Crippen LogP contribution in [0.3, 0.4) is 0 Å². The normalized spacial score (nSPS) is 18.9. The smallest absolute Gasteiger partial charge is 0.352 e. The molecule has 0 radical (unpaired) electrons. The summed E-state index contributed by atoms with van der Waals surface area (Å²) in [6.45, 7) is 1.78. The van der Waals surface area contributed by atoms with Crippen LogP contribution in [0.1, 0.15) is 12.6 Å². The Hall–Kier alpha value is -3.89. The van der Waals surface area contributed by atoms with E-state index in [0.717, 1.165) is 22.0 Å². The molecule has 0 aromatic carbocycles. The molecule has 4 N–H and O–H groups in total. The van der Waals surface area contributed by atoms with Crippen molar-refractivity contribution in [1.29, 1.82) is 0 Å². The third-order valence-electron chi connectivity index (χ3n) is 6.14. The number of carboxylic acid groups (broad SMARTS) is 1. The number of aliphatic carboxylic acids is 1. The predicted octanol–water partition coefficient (Wildman–Crippen LogP) is 0.736. The number of anilines is 1. The quantitative estimate of drug-likeness (QED) is 0.0988. The number of oxime groups is 1. The fraction of sp³-hybridized carbons (Fsp3) is 0.292. The molecule has 1 fully saturated rings. The van der Waals surface area contributed by atoms with E-state index < -0.39 is 29.2 Å². The lowest BCUT2D eigenvalue weighted by Crippen LogP contribution is -2.71. The molecule has 2 aliphatic heterocycles. The monoisotopic (exact) mass is 602 g/mol. The number of nitrogens with zero attached hydrogens (tertiary/aromatic N) is 5. The highest BCUT2D eigenvalue weighted by atomic mass is 32.2. The highest BCUT2D eigenvalue weighted by molar-refractivity contribution is 8.01. The number of Topliss-reactive ketones (excluding diaryl/α,β-unsaturated/α-hetero) is 1. The minimum absolute atomic E-state index is 0.0324. The van der Waals surface area contributed by atoms with Crippen LogP contribution >= 0.6 is 34.9 Å². The van der Waals surface area contributed by atoms with E-state index in [0.29, 0.717) is 17.1 Å². The number of amides is 2. The summed E-state index contributed by atoms with van der Waals surface area (Å²) in [7, 11) is 1.28. The molecule has 0 saturated carbocycles. The molecule has 0 unspecified atom stereocenters. The minimum Gasteiger partial charge on any atom is -0.477 e. The molecular formula is C24H24N7O6S3+. The van der Waals surface area contributed by atoms with Gasteiger partial charge in [-0.25, -0.2) is 14.3 Å². The molecule has 3 aromatic rings. The number of carbonyl (C=O) groups excluding carboxylic acids is 3. The molecule has 0 bridgehead atoms. The van der Waals surface area contributed by atoms with Crippen LogP contribution in [0, 0.1) is 0 Å². The first-order chi connectivity index (χ1) is 19.2. The number of β-lactam (4-membered cyclic amide) rings is 1. The molecule has 0 spiro atoms. The summed E-state index contributed by atoms with van der Waals surface area (Å²) in [4.78, 5) is 60.0. The average Bonchev–Trinajstić information content (AvgIpc) is 3.54. The maximum Gasteiger partial charge on any atom is 0.352 e. The first-order valence-electron chi connectivity index (χ1n) is 11.8. The van der Waals surface area contributed by atoms with Crippen molar-refractivity contribution in [2.45, 2.75) is 29.9 Å². The summed E-state index contributed by atoms with van der Waals surface area (Å²) >= 11 is 3.93. The Morgan fingerprint density at radius 2 is 2.17 bits per heavy atom. The SMILES string of the molecule is CO/N=C(\C(=O)N[C@@H]1C(=O)N2C(C(=O)O)=C(CSc3cccc4n3cc[n+]4CC(C)=O)CS[C@@H]12)c1csc(N)n1. The third kappa shape index (κ3) is 5.16. The lowest BCUT2D eigenvalue weighted by Gasteiger charge is -2.49. The zero-order chi connectivity index (χ0) is 28.6. The van der Waals surface area contributed by atoms with Gasteiger partial charge in [0, 0.05) is 23.0 Å². The highest BCUT2D eigenvalue weighted by Gasteiger charge is 2.54. The van der Waals surface area contributed by atoms with Crippen LogP contribution in [0.2, 0.25) is 0 Å². The Balaban J connectivity index is 1.32. The van der Waals surface area contributed by atoms with Gasteiger partial charge in [0.25, 0.3) is 17.5 Å². The molecular weight excluding hydrogens is 579 g/mol. The lowest BCUT2D eigenvalue weighted by molar-refractivity contribution is -0.657. The molecule has 13 nitrogen and oxygen atoms in total. The number of hydrogen-bond donors (Lipinski definition) is 3. The van der Waals surface area contributed by atoms with Crippen LogP contribution in [-0.4, -0.2) is 78.7 Å². The molecule has 2 atom stereocenters. The Bertz CT molecular complexity index is 1600. The molecule has 5 heterocycles. The summed E-state index contributed by atoms with van der Waals surface area (Å²) < 4.78 is 3.78. The number of thiazole rings is 1. The van der Waals surface area contributed by atoms with Crippen LogP contribution in [0.25, 0.3) is 5.65 Å². The number of pyridine rings is 1. The van der Waals surface area contributed by atoms with E-state index in [1.807, 2.05) is 39.6 Å². The number of thioether (sulfide) groups is 2. The number of nitrogen functional groups attached to an aromatic ring is 1. The molecule has 1 saturated heterocycles. The van der Waals surface area contributed by atoms with Crippen molar-refractivity contribution in [1.82, 2.24) is 19.6 Å². The van der Waals surface area contributed by atoms with Crippen LogP contribution in [0.4, 0.5) is 5.13 Å². The first kappa shape index (κ1) is 27.7. The van der Waals surface area contributed by atoms with Crippen LogP contribution in [0.5, 0.6) is 0 Å². The topological polar surface area (TPSA) is 173 Å². The number of carbonyl (C=O) groups is 4. The highest BCUT2D eigenvalue weighted by Crippen LogP contribution is 2.41. The van der Waals surface area contributed by atoms with Crippen molar-refractivity contribution in [2.75, 3.05) is 24.3 Å². The Morgan fingerprint density at radius 3 is 2.85 bits per heavy atom. The van der Waals surface area contributed by atoms with Gasteiger partial charge in [-0.2, -0.15) is 4.40 Å². The number of rotatable bonds is 10. The molecule has 0 aliphatic carbocycles. The van der Waals surface area contributed by atoms with Gasteiger partial charge < -0.3 is 21.0 Å². The van der Waals surface area contributed by atoms with Gasteiger partial charge in [-0.3, -0.25) is 19.3 Å². The number of fused-ring (bicyclic) bond motifs is 2. The van der Waals surface area contributed by atoms with E-state index in [9.17, 15) is 24.3 Å². The molecule has 5 rings (SSSR count). The van der Waals surface area contributed by atoms with Gasteiger partial charge >= 0.3 is 5.97 Å². The average molecular weight is 603 g/mol.